The topological polar surface area (TPSA) is 40.5 Å². The fourth-order valence-corrected chi connectivity index (χ4v) is 1.62. The second-order valence-electron chi connectivity index (χ2n) is 5.71. The summed E-state index contributed by atoms with van der Waals surface area (Å²) in [5.41, 5.74) is 1.78. The summed E-state index contributed by atoms with van der Waals surface area (Å²) in [6, 6.07) is 5.48. The number of benzene rings is 1. The van der Waals surface area contributed by atoms with Gasteiger partial charge in [0.1, 0.15) is 5.75 Å². The lowest BCUT2D eigenvalue weighted by Gasteiger charge is -2.23. The van der Waals surface area contributed by atoms with Gasteiger partial charge in [0.15, 0.2) is 0 Å². The number of phenols is 1. The Balaban J connectivity index is 3.19. The first-order valence-electron chi connectivity index (χ1n) is 5.75. The van der Waals surface area contributed by atoms with Crippen molar-refractivity contribution in [1.82, 2.24) is 0 Å². The van der Waals surface area contributed by atoms with Crippen molar-refractivity contribution in [2.24, 2.45) is 5.92 Å². The molecule has 0 aliphatic heterocycles. The van der Waals surface area contributed by atoms with Gasteiger partial charge in [0, 0.05) is 5.56 Å². The third kappa shape index (κ3) is 2.76. The zero-order chi connectivity index (χ0) is 12.5. The lowest BCUT2D eigenvalue weighted by atomic mass is 9.84. The van der Waals surface area contributed by atoms with Gasteiger partial charge in [-0.1, -0.05) is 40.7 Å². The predicted octanol–water partition coefficient (Wildman–Crippen LogP) is 3.38. The van der Waals surface area contributed by atoms with E-state index in [1.807, 2.05) is 26.0 Å². The Hall–Kier alpha value is -1.02. The summed E-state index contributed by atoms with van der Waals surface area (Å²) in [6.07, 6.45) is -0.609. The van der Waals surface area contributed by atoms with Gasteiger partial charge in [0.05, 0.1) is 6.10 Å². The van der Waals surface area contributed by atoms with Gasteiger partial charge in [-0.25, -0.2) is 0 Å². The predicted molar refractivity (Wildman–Crippen MR) is 66.6 cm³/mol. The van der Waals surface area contributed by atoms with E-state index in [0.717, 1.165) is 5.56 Å². The molecule has 90 valence electrons. The molecule has 0 amide bonds. The van der Waals surface area contributed by atoms with Gasteiger partial charge in [-0.05, 0) is 29.0 Å². The van der Waals surface area contributed by atoms with E-state index >= 15 is 0 Å². The molecule has 0 fully saturated rings. The van der Waals surface area contributed by atoms with E-state index in [4.69, 9.17) is 0 Å². The summed E-state index contributed by atoms with van der Waals surface area (Å²) in [4.78, 5) is 0. The van der Waals surface area contributed by atoms with Gasteiger partial charge in [-0.3, -0.25) is 0 Å². The van der Waals surface area contributed by atoms with Crippen LogP contribution in [0.15, 0.2) is 18.2 Å². The van der Waals surface area contributed by atoms with Crippen molar-refractivity contribution >= 4 is 0 Å². The summed E-state index contributed by atoms with van der Waals surface area (Å²) >= 11 is 0. The Labute approximate surface area is 97.9 Å². The molecule has 1 rings (SSSR count). The first kappa shape index (κ1) is 13.0. The number of hydrogen-bond donors (Lipinski definition) is 2. The largest absolute Gasteiger partial charge is 0.508 e. The van der Waals surface area contributed by atoms with Gasteiger partial charge in [0.25, 0.3) is 0 Å². The first-order chi connectivity index (χ1) is 7.23. The average Bonchev–Trinajstić information content (AvgIpc) is 2.15. The van der Waals surface area contributed by atoms with E-state index in [-0.39, 0.29) is 17.1 Å². The second-order valence-corrected chi connectivity index (χ2v) is 5.71. The van der Waals surface area contributed by atoms with Crippen LogP contribution in [0.25, 0.3) is 0 Å². The number of phenolic OH excluding ortho intramolecular Hbond substituents is 1. The lowest BCUT2D eigenvalue weighted by molar-refractivity contribution is 0.123. The third-order valence-electron chi connectivity index (χ3n) is 2.84. The van der Waals surface area contributed by atoms with Crippen LogP contribution in [-0.4, -0.2) is 10.2 Å². The zero-order valence-corrected chi connectivity index (χ0v) is 10.8. The smallest absolute Gasteiger partial charge is 0.121 e. The van der Waals surface area contributed by atoms with E-state index < -0.39 is 6.10 Å². The van der Waals surface area contributed by atoms with E-state index in [2.05, 4.69) is 20.8 Å². The molecule has 0 aliphatic rings. The van der Waals surface area contributed by atoms with Crippen molar-refractivity contribution in [3.8, 4) is 5.75 Å². The number of rotatable bonds is 2. The van der Waals surface area contributed by atoms with Gasteiger partial charge < -0.3 is 10.2 Å². The summed E-state index contributed by atoms with van der Waals surface area (Å²) < 4.78 is 0. The monoisotopic (exact) mass is 222 g/mol. The minimum atomic E-state index is -0.609. The standard InChI is InChI=1S/C14H22O2/c1-9(2)13(16)11-8-10(14(3,4)5)6-7-12(11)15/h6-9,13,15-16H,1-5H3. The van der Waals surface area contributed by atoms with Gasteiger partial charge in [-0.2, -0.15) is 0 Å². The molecule has 1 aromatic rings. The third-order valence-corrected chi connectivity index (χ3v) is 2.84. The number of aliphatic hydroxyl groups excluding tert-OH is 1. The molecule has 2 N–H and O–H groups in total. The van der Waals surface area contributed by atoms with Crippen LogP contribution in [0.1, 0.15) is 51.8 Å². The Morgan fingerprint density at radius 1 is 1.12 bits per heavy atom. The molecular formula is C14H22O2. The van der Waals surface area contributed by atoms with Crippen LogP contribution in [0.3, 0.4) is 0 Å². The van der Waals surface area contributed by atoms with Crippen molar-refractivity contribution in [3.05, 3.63) is 29.3 Å². The van der Waals surface area contributed by atoms with E-state index in [9.17, 15) is 10.2 Å². The molecule has 0 aliphatic carbocycles. The molecular weight excluding hydrogens is 200 g/mol. The van der Waals surface area contributed by atoms with Crippen molar-refractivity contribution in [2.45, 2.75) is 46.1 Å². The van der Waals surface area contributed by atoms with Gasteiger partial charge >= 0.3 is 0 Å². The van der Waals surface area contributed by atoms with Crippen LogP contribution in [0, 0.1) is 5.92 Å². The normalized spacial score (nSPS) is 14.2. The highest BCUT2D eigenvalue weighted by Gasteiger charge is 2.20. The molecule has 2 heteroatoms. The number of aliphatic hydroxyl groups is 1. The zero-order valence-electron chi connectivity index (χ0n) is 10.8. The molecule has 16 heavy (non-hydrogen) atoms. The van der Waals surface area contributed by atoms with Crippen LogP contribution in [0.2, 0.25) is 0 Å². The van der Waals surface area contributed by atoms with Crippen molar-refractivity contribution in [3.63, 3.8) is 0 Å². The molecule has 1 atom stereocenters. The number of aromatic hydroxyl groups is 1. The minimum absolute atomic E-state index is 0.0269. The molecule has 0 aromatic heterocycles. The van der Waals surface area contributed by atoms with E-state index in [1.165, 1.54) is 0 Å². The molecule has 1 aromatic carbocycles. The van der Waals surface area contributed by atoms with Crippen LogP contribution >= 0.6 is 0 Å². The fourth-order valence-electron chi connectivity index (χ4n) is 1.62. The molecule has 0 saturated heterocycles. The SMILES string of the molecule is CC(C)C(O)c1cc(C(C)(C)C)ccc1O. The summed E-state index contributed by atoms with van der Waals surface area (Å²) in [5.74, 6) is 0.273. The molecule has 0 bridgehead atoms. The maximum Gasteiger partial charge on any atom is 0.121 e. The summed E-state index contributed by atoms with van der Waals surface area (Å²) in [5, 5.41) is 19.8. The molecule has 0 saturated carbocycles. The van der Waals surface area contributed by atoms with Crippen molar-refractivity contribution in [1.29, 1.82) is 0 Å². The fraction of sp³-hybridized carbons (Fsp3) is 0.571. The van der Waals surface area contributed by atoms with Crippen LogP contribution < -0.4 is 0 Å². The van der Waals surface area contributed by atoms with Crippen LogP contribution in [0.4, 0.5) is 0 Å². The van der Waals surface area contributed by atoms with Crippen molar-refractivity contribution < 1.29 is 10.2 Å². The van der Waals surface area contributed by atoms with E-state index in [1.54, 1.807) is 6.07 Å². The van der Waals surface area contributed by atoms with Crippen LogP contribution in [-0.2, 0) is 5.41 Å². The Bertz CT molecular complexity index is 361. The highest BCUT2D eigenvalue weighted by atomic mass is 16.3. The highest BCUT2D eigenvalue weighted by molar-refractivity contribution is 5.40. The van der Waals surface area contributed by atoms with E-state index in [0.29, 0.717) is 5.56 Å². The molecule has 2 nitrogen and oxygen atoms in total. The van der Waals surface area contributed by atoms with Crippen LogP contribution in [0.5, 0.6) is 5.75 Å². The molecule has 0 heterocycles. The summed E-state index contributed by atoms with van der Waals surface area (Å²) in [6.45, 7) is 10.2. The minimum Gasteiger partial charge on any atom is -0.508 e. The average molecular weight is 222 g/mol. The summed E-state index contributed by atoms with van der Waals surface area (Å²) in [7, 11) is 0. The second kappa shape index (κ2) is 4.46. The van der Waals surface area contributed by atoms with Crippen molar-refractivity contribution in [2.75, 3.05) is 0 Å². The molecule has 0 radical (unpaired) electrons. The Kier molecular flexibility index (Phi) is 3.64. The molecule has 0 spiro atoms. The highest BCUT2D eigenvalue weighted by Crippen LogP contribution is 2.33. The van der Waals surface area contributed by atoms with Gasteiger partial charge in [0.2, 0.25) is 0 Å². The Morgan fingerprint density at radius 2 is 1.69 bits per heavy atom. The lowest BCUT2D eigenvalue weighted by Crippen LogP contribution is -2.13. The maximum absolute atomic E-state index is 10.0. The number of hydrogen-bond acceptors (Lipinski definition) is 2. The first-order valence-corrected chi connectivity index (χ1v) is 5.75. The quantitative estimate of drug-likeness (QED) is 0.805. The molecule has 1 unspecified atom stereocenters. The van der Waals surface area contributed by atoms with Gasteiger partial charge in [-0.15, -0.1) is 0 Å². The Morgan fingerprint density at radius 3 is 2.12 bits per heavy atom. The maximum atomic E-state index is 10.0.